The van der Waals surface area contributed by atoms with Gasteiger partial charge in [0.15, 0.2) is 11.5 Å². The van der Waals surface area contributed by atoms with Crippen LogP contribution in [0, 0.1) is 0 Å². The number of hydrazone groups is 1. The van der Waals surface area contributed by atoms with E-state index in [1.807, 2.05) is 18.2 Å². The highest BCUT2D eigenvalue weighted by Gasteiger charge is 2.10. The number of nitrogens with zero attached hydrogens (tertiary/aromatic N) is 2. The molecule has 2 N–H and O–H groups in total. The van der Waals surface area contributed by atoms with Crippen LogP contribution in [0.4, 0.5) is 5.95 Å². The van der Waals surface area contributed by atoms with Gasteiger partial charge in [0.05, 0.1) is 33.2 Å². The molecule has 3 rings (SSSR count). The van der Waals surface area contributed by atoms with Crippen LogP contribution in [0.3, 0.4) is 0 Å². The summed E-state index contributed by atoms with van der Waals surface area (Å²) in [4.78, 5) is 19.0. The number of aromatic nitrogens is 2. The van der Waals surface area contributed by atoms with E-state index in [0.29, 0.717) is 22.8 Å². The number of hydrogen-bond donors (Lipinski definition) is 2. The highest BCUT2D eigenvalue weighted by Crippen LogP contribution is 2.33. The van der Waals surface area contributed by atoms with Crippen LogP contribution < -0.4 is 25.2 Å². The highest BCUT2D eigenvalue weighted by atomic mass is 79.9. The van der Waals surface area contributed by atoms with Gasteiger partial charge in [-0.1, -0.05) is 15.9 Å². The van der Waals surface area contributed by atoms with Crippen LogP contribution in [0.1, 0.15) is 5.56 Å². The zero-order valence-electron chi connectivity index (χ0n) is 16.0. The van der Waals surface area contributed by atoms with E-state index in [1.165, 1.54) is 6.07 Å². The second-order valence-electron chi connectivity index (χ2n) is 5.81. The summed E-state index contributed by atoms with van der Waals surface area (Å²) in [6.45, 7) is 0. The average Bonchev–Trinajstić information content (AvgIpc) is 2.73. The van der Waals surface area contributed by atoms with E-state index >= 15 is 0 Å². The normalized spacial score (nSPS) is 10.8. The maximum absolute atomic E-state index is 12.0. The van der Waals surface area contributed by atoms with Crippen molar-refractivity contribution in [3.8, 4) is 28.5 Å². The number of halogens is 1. The summed E-state index contributed by atoms with van der Waals surface area (Å²) in [6.07, 6.45) is 1.55. The van der Waals surface area contributed by atoms with Crippen LogP contribution in [0.2, 0.25) is 0 Å². The Morgan fingerprint density at radius 1 is 1.07 bits per heavy atom. The molecule has 1 aromatic heterocycles. The molecule has 0 atom stereocenters. The number of ether oxygens (including phenoxy) is 3. The molecular formula is C20H19BrN4O4. The SMILES string of the molecule is COc1ccc(-c2cc(=O)[nH]c(N/N=C\c3cc(Br)cc(OC)c3OC)n2)cc1. The molecule has 0 spiro atoms. The molecule has 0 saturated carbocycles. The van der Waals surface area contributed by atoms with Crippen molar-refractivity contribution in [2.24, 2.45) is 5.10 Å². The lowest BCUT2D eigenvalue weighted by molar-refractivity contribution is 0.354. The van der Waals surface area contributed by atoms with Gasteiger partial charge in [-0.2, -0.15) is 5.10 Å². The van der Waals surface area contributed by atoms with Crippen LogP contribution in [0.15, 0.2) is 56.8 Å². The van der Waals surface area contributed by atoms with E-state index in [-0.39, 0.29) is 11.5 Å². The standard InChI is InChI=1S/C20H19BrN4O4/c1-27-15-6-4-12(5-7-15)16-10-18(26)24-20(23-16)25-22-11-13-8-14(21)9-17(28-2)19(13)29-3/h4-11H,1-3H3,(H2,23,24,25,26)/b22-11-. The summed E-state index contributed by atoms with van der Waals surface area (Å²) in [6, 6.07) is 12.3. The first-order valence-corrected chi connectivity index (χ1v) is 9.29. The van der Waals surface area contributed by atoms with Crippen LogP contribution >= 0.6 is 15.9 Å². The monoisotopic (exact) mass is 458 g/mol. The predicted octanol–water partition coefficient (Wildman–Crippen LogP) is 3.67. The number of benzene rings is 2. The first-order chi connectivity index (χ1) is 14.0. The first-order valence-electron chi connectivity index (χ1n) is 8.50. The molecule has 1 heterocycles. The molecule has 0 saturated heterocycles. The van der Waals surface area contributed by atoms with Crippen molar-refractivity contribution in [2.45, 2.75) is 0 Å². The topological polar surface area (TPSA) is 97.8 Å². The molecule has 0 aliphatic rings. The van der Waals surface area contributed by atoms with Crippen molar-refractivity contribution < 1.29 is 14.2 Å². The molecule has 0 radical (unpaired) electrons. The van der Waals surface area contributed by atoms with Crippen LogP contribution in [0.25, 0.3) is 11.3 Å². The number of methoxy groups -OCH3 is 3. The summed E-state index contributed by atoms with van der Waals surface area (Å²) in [5.74, 6) is 2.03. The van der Waals surface area contributed by atoms with Crippen molar-refractivity contribution in [1.29, 1.82) is 0 Å². The maximum atomic E-state index is 12.0. The molecule has 29 heavy (non-hydrogen) atoms. The highest BCUT2D eigenvalue weighted by molar-refractivity contribution is 9.10. The third-order valence-electron chi connectivity index (χ3n) is 3.97. The number of nitrogens with one attached hydrogen (secondary N) is 2. The molecule has 0 amide bonds. The molecule has 3 aromatic rings. The Morgan fingerprint density at radius 2 is 1.83 bits per heavy atom. The maximum Gasteiger partial charge on any atom is 0.252 e. The van der Waals surface area contributed by atoms with E-state index in [4.69, 9.17) is 14.2 Å². The number of anilines is 1. The van der Waals surface area contributed by atoms with Crippen molar-refractivity contribution in [3.63, 3.8) is 0 Å². The molecule has 9 heteroatoms. The minimum absolute atomic E-state index is 0.209. The van der Waals surface area contributed by atoms with Gasteiger partial charge < -0.3 is 14.2 Å². The van der Waals surface area contributed by atoms with Gasteiger partial charge in [-0.15, -0.1) is 0 Å². The van der Waals surface area contributed by atoms with Gasteiger partial charge in [-0.25, -0.2) is 10.4 Å². The summed E-state index contributed by atoms with van der Waals surface area (Å²) < 4.78 is 16.7. The van der Waals surface area contributed by atoms with E-state index in [9.17, 15) is 4.79 Å². The Morgan fingerprint density at radius 3 is 2.48 bits per heavy atom. The van der Waals surface area contributed by atoms with Gasteiger partial charge in [-0.3, -0.25) is 9.78 Å². The molecule has 0 unspecified atom stereocenters. The minimum Gasteiger partial charge on any atom is -0.497 e. The second-order valence-corrected chi connectivity index (χ2v) is 6.72. The molecule has 0 bridgehead atoms. The third kappa shape index (κ3) is 4.94. The lowest BCUT2D eigenvalue weighted by atomic mass is 10.1. The van der Waals surface area contributed by atoms with E-state index in [2.05, 4.69) is 36.4 Å². The first kappa shape index (κ1) is 20.4. The molecule has 8 nitrogen and oxygen atoms in total. The summed E-state index contributed by atoms with van der Waals surface area (Å²) in [5, 5.41) is 4.16. The van der Waals surface area contributed by atoms with Gasteiger partial charge in [0.1, 0.15) is 5.75 Å². The van der Waals surface area contributed by atoms with Crippen molar-refractivity contribution in [3.05, 3.63) is 62.9 Å². The van der Waals surface area contributed by atoms with Gasteiger partial charge in [0.25, 0.3) is 5.56 Å². The zero-order valence-corrected chi connectivity index (χ0v) is 17.6. The van der Waals surface area contributed by atoms with E-state index in [1.54, 1.807) is 45.7 Å². The fourth-order valence-corrected chi connectivity index (χ4v) is 3.09. The van der Waals surface area contributed by atoms with Crippen LogP contribution in [-0.2, 0) is 0 Å². The van der Waals surface area contributed by atoms with E-state index in [0.717, 1.165) is 15.8 Å². The number of aromatic amines is 1. The fraction of sp³-hybridized carbons (Fsp3) is 0.150. The third-order valence-corrected chi connectivity index (χ3v) is 4.43. The van der Waals surface area contributed by atoms with Gasteiger partial charge in [0.2, 0.25) is 5.95 Å². The Hall–Kier alpha value is -3.33. The quantitative estimate of drug-likeness (QED) is 0.414. The smallest absolute Gasteiger partial charge is 0.252 e. The Labute approximate surface area is 175 Å². The largest absolute Gasteiger partial charge is 0.497 e. The minimum atomic E-state index is -0.301. The van der Waals surface area contributed by atoms with Gasteiger partial charge >= 0.3 is 0 Å². The number of hydrogen-bond acceptors (Lipinski definition) is 7. The Kier molecular flexibility index (Phi) is 6.50. The summed E-state index contributed by atoms with van der Waals surface area (Å²) >= 11 is 3.42. The second kappa shape index (κ2) is 9.24. The molecule has 2 aromatic carbocycles. The predicted molar refractivity (Wildman–Crippen MR) is 115 cm³/mol. The molecule has 0 aliphatic carbocycles. The molecule has 0 aliphatic heterocycles. The molecule has 150 valence electrons. The fourth-order valence-electron chi connectivity index (χ4n) is 2.64. The van der Waals surface area contributed by atoms with E-state index < -0.39 is 0 Å². The van der Waals surface area contributed by atoms with Crippen molar-refractivity contribution in [1.82, 2.24) is 9.97 Å². The molecular weight excluding hydrogens is 440 g/mol. The number of H-pyrrole nitrogens is 1. The number of rotatable bonds is 7. The van der Waals surface area contributed by atoms with Gasteiger partial charge in [0, 0.05) is 21.7 Å². The summed E-state index contributed by atoms with van der Waals surface area (Å²) in [7, 11) is 4.70. The van der Waals surface area contributed by atoms with Crippen LogP contribution in [-0.4, -0.2) is 37.5 Å². The lowest BCUT2D eigenvalue weighted by Crippen LogP contribution is -2.10. The average molecular weight is 459 g/mol. The van der Waals surface area contributed by atoms with Gasteiger partial charge in [-0.05, 0) is 36.4 Å². The zero-order chi connectivity index (χ0) is 20.8. The van der Waals surface area contributed by atoms with Crippen molar-refractivity contribution in [2.75, 3.05) is 26.8 Å². The summed E-state index contributed by atoms with van der Waals surface area (Å²) in [5.41, 5.74) is 4.41. The Balaban J connectivity index is 1.85. The lowest BCUT2D eigenvalue weighted by Gasteiger charge is -2.11. The molecule has 0 fully saturated rings. The van der Waals surface area contributed by atoms with Crippen molar-refractivity contribution >= 4 is 28.1 Å². The Bertz CT molecular complexity index is 1080. The van der Waals surface area contributed by atoms with Crippen LogP contribution in [0.5, 0.6) is 17.2 Å².